The van der Waals surface area contributed by atoms with E-state index in [1.165, 1.54) is 54.5 Å². The van der Waals surface area contributed by atoms with Gasteiger partial charge < -0.3 is 9.64 Å². The summed E-state index contributed by atoms with van der Waals surface area (Å²) >= 11 is 0. The zero-order chi connectivity index (χ0) is 24.7. The van der Waals surface area contributed by atoms with Crippen molar-refractivity contribution < 1.29 is 4.74 Å². The first-order valence-electron chi connectivity index (χ1n) is 13.4. The molecule has 0 saturated heterocycles. The van der Waals surface area contributed by atoms with Crippen LogP contribution in [0.15, 0.2) is 30.5 Å². The highest BCUT2D eigenvalue weighted by molar-refractivity contribution is 5.77. The lowest BCUT2D eigenvalue weighted by Crippen LogP contribution is -2.46. The Morgan fingerprint density at radius 2 is 1.68 bits per heavy atom. The molecule has 2 heterocycles. The van der Waals surface area contributed by atoms with Crippen LogP contribution in [0.2, 0.25) is 0 Å². The lowest BCUT2D eigenvalue weighted by Gasteiger charge is -2.43. The summed E-state index contributed by atoms with van der Waals surface area (Å²) in [6, 6.07) is 9.11. The molecule has 1 aromatic heterocycles. The van der Waals surface area contributed by atoms with E-state index >= 15 is 0 Å². The molecule has 3 nitrogen and oxygen atoms in total. The molecule has 1 saturated carbocycles. The molecule has 1 aliphatic heterocycles. The second-order valence-corrected chi connectivity index (χ2v) is 13.3. The predicted octanol–water partition coefficient (Wildman–Crippen LogP) is 8.19. The summed E-state index contributed by atoms with van der Waals surface area (Å²) in [4.78, 5) is 7.38. The summed E-state index contributed by atoms with van der Waals surface area (Å²) in [5, 5.41) is 0. The van der Waals surface area contributed by atoms with Crippen LogP contribution in [0.5, 0.6) is 5.75 Å². The van der Waals surface area contributed by atoms with Gasteiger partial charge in [-0.15, -0.1) is 0 Å². The lowest BCUT2D eigenvalue weighted by atomic mass is 9.68. The largest absolute Gasteiger partial charge is 0.489 e. The number of fused-ring (bicyclic) bond motifs is 1. The highest BCUT2D eigenvalue weighted by Gasteiger charge is 2.35. The van der Waals surface area contributed by atoms with Gasteiger partial charge in [0.15, 0.2) is 0 Å². The van der Waals surface area contributed by atoms with E-state index in [2.05, 4.69) is 84.6 Å². The molecule has 2 aliphatic rings. The Labute approximate surface area is 208 Å². The fraction of sp³-hybridized carbons (Fsp3) is 0.645. The van der Waals surface area contributed by atoms with Crippen molar-refractivity contribution in [2.45, 2.75) is 105 Å². The normalized spacial score (nSPS) is 17.9. The van der Waals surface area contributed by atoms with Gasteiger partial charge >= 0.3 is 0 Å². The van der Waals surface area contributed by atoms with Gasteiger partial charge in [-0.1, -0.05) is 59.9 Å². The second kappa shape index (κ2) is 9.21. The third kappa shape index (κ3) is 5.14. The number of benzene rings is 1. The van der Waals surface area contributed by atoms with Crippen LogP contribution in [0, 0.1) is 11.3 Å². The molecule has 3 heteroatoms. The molecule has 1 aromatic carbocycles. The average molecular weight is 463 g/mol. The maximum atomic E-state index is 6.44. The highest BCUT2D eigenvalue weighted by atomic mass is 16.5. The molecule has 0 unspecified atom stereocenters. The number of pyridine rings is 1. The Morgan fingerprint density at radius 3 is 2.32 bits per heavy atom. The summed E-state index contributed by atoms with van der Waals surface area (Å²) in [7, 11) is 0. The Balaban J connectivity index is 1.87. The Morgan fingerprint density at radius 1 is 0.971 bits per heavy atom. The van der Waals surface area contributed by atoms with Gasteiger partial charge in [-0.25, -0.2) is 0 Å². The van der Waals surface area contributed by atoms with Crippen LogP contribution < -0.4 is 9.64 Å². The first-order valence-corrected chi connectivity index (χ1v) is 13.4. The number of anilines is 1. The van der Waals surface area contributed by atoms with E-state index < -0.39 is 0 Å². The molecule has 1 aliphatic carbocycles. The minimum absolute atomic E-state index is 0.0196. The number of rotatable bonds is 4. The average Bonchev–Trinajstić information content (AvgIpc) is 2.78. The molecule has 0 bridgehead atoms. The standard InChI is InChI=1S/C31H46N2O/c1-29(2,3)28-25(15-12-16-32-28)22-19-23(21-31(7,8)24-13-10-9-11-14-24)27-26(20-22)33(17-18-34-27)30(4,5)6/h12,15-16,19-20,24H,9-11,13-14,17-18,21H2,1-8H3. The molecule has 186 valence electrons. The summed E-state index contributed by atoms with van der Waals surface area (Å²) in [6.45, 7) is 20.3. The monoisotopic (exact) mass is 462 g/mol. The maximum absolute atomic E-state index is 6.44. The minimum Gasteiger partial charge on any atom is -0.489 e. The quantitative estimate of drug-likeness (QED) is 0.458. The molecule has 0 radical (unpaired) electrons. The summed E-state index contributed by atoms with van der Waals surface area (Å²) in [5.41, 5.74) is 6.55. The van der Waals surface area contributed by atoms with Crippen LogP contribution in [0.25, 0.3) is 11.1 Å². The summed E-state index contributed by atoms with van der Waals surface area (Å²) in [5.74, 6) is 1.89. The van der Waals surface area contributed by atoms with Crippen molar-refractivity contribution in [3.8, 4) is 16.9 Å². The van der Waals surface area contributed by atoms with Crippen molar-refractivity contribution in [1.29, 1.82) is 0 Å². The van der Waals surface area contributed by atoms with Gasteiger partial charge in [-0.2, -0.15) is 0 Å². The minimum atomic E-state index is -0.0196. The first-order chi connectivity index (χ1) is 15.9. The van der Waals surface area contributed by atoms with Crippen LogP contribution in [-0.2, 0) is 11.8 Å². The van der Waals surface area contributed by atoms with Crippen molar-refractivity contribution >= 4 is 5.69 Å². The van der Waals surface area contributed by atoms with E-state index in [1.54, 1.807) is 0 Å². The van der Waals surface area contributed by atoms with Gasteiger partial charge in [0, 0.05) is 22.7 Å². The number of hydrogen-bond acceptors (Lipinski definition) is 3. The van der Waals surface area contributed by atoms with Crippen LogP contribution >= 0.6 is 0 Å². The molecule has 0 spiro atoms. The van der Waals surface area contributed by atoms with E-state index in [0.29, 0.717) is 0 Å². The zero-order valence-electron chi connectivity index (χ0n) is 22.9. The van der Waals surface area contributed by atoms with Crippen molar-refractivity contribution in [2.24, 2.45) is 11.3 Å². The number of aromatic nitrogens is 1. The molecule has 0 amide bonds. The predicted molar refractivity (Wildman–Crippen MR) is 145 cm³/mol. The molecular weight excluding hydrogens is 416 g/mol. The molecular formula is C31H46N2O. The van der Waals surface area contributed by atoms with Crippen molar-refractivity contribution in [1.82, 2.24) is 4.98 Å². The Kier molecular flexibility index (Phi) is 6.79. The molecule has 2 aromatic rings. The van der Waals surface area contributed by atoms with Gasteiger partial charge in [0.1, 0.15) is 12.4 Å². The van der Waals surface area contributed by atoms with Gasteiger partial charge in [-0.3, -0.25) is 4.98 Å². The third-order valence-electron chi connectivity index (χ3n) is 7.99. The van der Waals surface area contributed by atoms with Crippen molar-refractivity contribution in [2.75, 3.05) is 18.1 Å². The molecule has 0 N–H and O–H groups in total. The fourth-order valence-corrected chi connectivity index (χ4v) is 6.14. The van der Waals surface area contributed by atoms with Crippen molar-refractivity contribution in [3.63, 3.8) is 0 Å². The van der Waals surface area contributed by atoms with E-state index in [9.17, 15) is 0 Å². The number of ether oxygens (including phenoxy) is 1. The second-order valence-electron chi connectivity index (χ2n) is 13.3. The van der Waals surface area contributed by atoms with Crippen LogP contribution in [0.1, 0.15) is 98.8 Å². The smallest absolute Gasteiger partial charge is 0.145 e. The van der Waals surface area contributed by atoms with E-state index in [-0.39, 0.29) is 16.4 Å². The first kappa shape index (κ1) is 25.1. The number of nitrogens with zero attached hydrogens (tertiary/aromatic N) is 2. The van der Waals surface area contributed by atoms with Crippen LogP contribution in [-0.4, -0.2) is 23.7 Å². The van der Waals surface area contributed by atoms with Gasteiger partial charge in [0.2, 0.25) is 0 Å². The van der Waals surface area contributed by atoms with Gasteiger partial charge in [0.05, 0.1) is 17.9 Å². The van der Waals surface area contributed by atoms with E-state index in [0.717, 1.165) is 36.9 Å². The summed E-state index contributed by atoms with van der Waals surface area (Å²) in [6.07, 6.45) is 9.87. The third-order valence-corrected chi connectivity index (χ3v) is 7.99. The Hall–Kier alpha value is -2.03. The fourth-order valence-electron chi connectivity index (χ4n) is 6.14. The van der Waals surface area contributed by atoms with E-state index in [1.807, 2.05) is 6.20 Å². The van der Waals surface area contributed by atoms with Crippen molar-refractivity contribution in [3.05, 3.63) is 41.7 Å². The summed E-state index contributed by atoms with van der Waals surface area (Å²) < 4.78 is 6.44. The van der Waals surface area contributed by atoms with E-state index in [4.69, 9.17) is 9.72 Å². The molecule has 0 atom stereocenters. The molecule has 34 heavy (non-hydrogen) atoms. The molecule has 4 rings (SSSR count). The molecule has 1 fully saturated rings. The lowest BCUT2D eigenvalue weighted by molar-refractivity contribution is 0.155. The number of hydrogen-bond donors (Lipinski definition) is 0. The van der Waals surface area contributed by atoms with Crippen LogP contribution in [0.3, 0.4) is 0 Å². The van der Waals surface area contributed by atoms with Gasteiger partial charge in [0.25, 0.3) is 0 Å². The Bertz CT molecular complexity index is 1000. The highest BCUT2D eigenvalue weighted by Crippen LogP contribution is 2.47. The topological polar surface area (TPSA) is 25.4 Å². The SMILES string of the molecule is CC(C)(C)c1ncccc1-c1cc(CC(C)(C)C2CCCCC2)c2c(c1)N(C(C)(C)C)CCO2. The maximum Gasteiger partial charge on any atom is 0.145 e. The van der Waals surface area contributed by atoms with Crippen LogP contribution in [0.4, 0.5) is 5.69 Å². The van der Waals surface area contributed by atoms with Gasteiger partial charge in [-0.05, 0) is 80.7 Å². The zero-order valence-corrected chi connectivity index (χ0v) is 22.9.